The topological polar surface area (TPSA) is 94.1 Å². The van der Waals surface area contributed by atoms with Gasteiger partial charge >= 0.3 is 0 Å². The smallest absolute Gasteiger partial charge is 0.279 e. The lowest BCUT2D eigenvalue weighted by Gasteiger charge is -1.96. The van der Waals surface area contributed by atoms with Crippen LogP contribution in [0.3, 0.4) is 0 Å². The summed E-state index contributed by atoms with van der Waals surface area (Å²) in [5, 5.41) is 8.74. The molecule has 0 saturated carbocycles. The van der Waals surface area contributed by atoms with E-state index in [0.29, 0.717) is 22.3 Å². The molecule has 4 heterocycles. The zero-order valence-electron chi connectivity index (χ0n) is 12.2. The van der Waals surface area contributed by atoms with E-state index in [9.17, 15) is 4.79 Å². The molecule has 8 heteroatoms. The molecule has 1 N–H and O–H groups in total. The van der Waals surface area contributed by atoms with Gasteiger partial charge < -0.3 is 8.94 Å². The van der Waals surface area contributed by atoms with Crippen molar-refractivity contribution in [2.45, 2.75) is 0 Å². The third-order valence-electron chi connectivity index (χ3n) is 3.19. The van der Waals surface area contributed by atoms with E-state index in [2.05, 4.69) is 20.4 Å². The molecule has 24 heavy (non-hydrogen) atoms. The first kappa shape index (κ1) is 14.3. The third kappa shape index (κ3) is 2.82. The highest BCUT2D eigenvalue weighted by atomic mass is 32.1. The van der Waals surface area contributed by atoms with Crippen LogP contribution >= 0.6 is 11.3 Å². The van der Waals surface area contributed by atoms with Crippen molar-refractivity contribution in [2.24, 2.45) is 0 Å². The lowest BCUT2D eigenvalue weighted by molar-refractivity contribution is 0.101. The van der Waals surface area contributed by atoms with Crippen molar-refractivity contribution >= 4 is 22.4 Å². The quantitative estimate of drug-likeness (QED) is 0.609. The van der Waals surface area contributed by atoms with E-state index in [0.717, 1.165) is 5.56 Å². The summed E-state index contributed by atoms with van der Waals surface area (Å²) in [7, 11) is 0. The number of rotatable bonds is 4. The highest BCUT2D eigenvalue weighted by Crippen LogP contribution is 2.26. The normalized spacial score (nSPS) is 10.7. The van der Waals surface area contributed by atoms with Crippen molar-refractivity contribution in [1.29, 1.82) is 0 Å². The van der Waals surface area contributed by atoms with Gasteiger partial charge in [0.2, 0.25) is 0 Å². The maximum absolute atomic E-state index is 12.2. The summed E-state index contributed by atoms with van der Waals surface area (Å²) in [5.41, 5.74) is 1.58. The number of aromatic nitrogens is 3. The van der Waals surface area contributed by atoms with Gasteiger partial charge in [0.15, 0.2) is 22.3 Å². The summed E-state index contributed by atoms with van der Waals surface area (Å²) >= 11 is 1.30. The Bertz CT molecular complexity index is 960. The Morgan fingerprint density at radius 1 is 1.21 bits per heavy atom. The number of pyridine rings is 1. The molecule has 4 rings (SSSR count). The van der Waals surface area contributed by atoms with Crippen LogP contribution in [0.15, 0.2) is 63.3 Å². The molecular weight excluding hydrogens is 328 g/mol. The van der Waals surface area contributed by atoms with E-state index >= 15 is 0 Å². The standard InChI is InChI=1S/C16H10N4O3S/c21-15(11-7-14(23-20-11)10-3-1-5-17-8-10)19-16-18-12(9-24-16)13-4-2-6-22-13/h1-9H,(H,18,19,21). The number of carbonyl (C=O) groups excluding carboxylic acids is 1. The van der Waals surface area contributed by atoms with Crippen LogP contribution in [0.2, 0.25) is 0 Å². The van der Waals surface area contributed by atoms with Gasteiger partial charge in [0.25, 0.3) is 5.91 Å². The summed E-state index contributed by atoms with van der Waals surface area (Å²) in [6, 6.07) is 8.75. The molecule has 0 spiro atoms. The van der Waals surface area contributed by atoms with Gasteiger partial charge in [-0.1, -0.05) is 5.16 Å². The zero-order valence-corrected chi connectivity index (χ0v) is 13.0. The molecule has 0 bridgehead atoms. The van der Waals surface area contributed by atoms with Crippen LogP contribution in [0.4, 0.5) is 5.13 Å². The SMILES string of the molecule is O=C(Nc1nc(-c2ccco2)cs1)c1cc(-c2cccnc2)on1. The number of nitrogens with zero attached hydrogens (tertiary/aromatic N) is 3. The molecule has 4 aromatic heterocycles. The molecule has 0 atom stereocenters. The third-order valence-corrected chi connectivity index (χ3v) is 3.94. The van der Waals surface area contributed by atoms with Crippen LogP contribution in [0.1, 0.15) is 10.5 Å². The van der Waals surface area contributed by atoms with Crippen LogP contribution in [0.5, 0.6) is 0 Å². The summed E-state index contributed by atoms with van der Waals surface area (Å²) in [4.78, 5) is 20.6. The average molecular weight is 338 g/mol. The zero-order chi connectivity index (χ0) is 16.4. The van der Waals surface area contributed by atoms with Gasteiger partial charge in [0.05, 0.1) is 6.26 Å². The Hall–Kier alpha value is -3.26. The lowest BCUT2D eigenvalue weighted by atomic mass is 10.2. The molecule has 0 aliphatic heterocycles. The predicted octanol–water partition coefficient (Wildman–Crippen LogP) is 3.71. The van der Waals surface area contributed by atoms with E-state index in [-0.39, 0.29) is 5.69 Å². The van der Waals surface area contributed by atoms with E-state index in [1.165, 1.54) is 11.3 Å². The Morgan fingerprint density at radius 3 is 2.96 bits per heavy atom. The van der Waals surface area contributed by atoms with E-state index in [4.69, 9.17) is 8.94 Å². The van der Waals surface area contributed by atoms with Crippen molar-refractivity contribution in [1.82, 2.24) is 15.1 Å². The van der Waals surface area contributed by atoms with Crippen LogP contribution in [-0.4, -0.2) is 21.0 Å². The Labute approximate surface area is 140 Å². The van der Waals surface area contributed by atoms with Gasteiger partial charge in [0, 0.05) is 29.4 Å². The Balaban J connectivity index is 1.50. The van der Waals surface area contributed by atoms with Gasteiger partial charge in [-0.15, -0.1) is 11.3 Å². The van der Waals surface area contributed by atoms with Crippen molar-refractivity contribution in [3.63, 3.8) is 0 Å². The van der Waals surface area contributed by atoms with E-state index < -0.39 is 5.91 Å². The minimum atomic E-state index is -0.394. The summed E-state index contributed by atoms with van der Waals surface area (Å²) < 4.78 is 10.5. The first-order valence-corrected chi connectivity index (χ1v) is 7.85. The first-order chi connectivity index (χ1) is 11.8. The Kier molecular flexibility index (Phi) is 3.64. The van der Waals surface area contributed by atoms with Crippen molar-refractivity contribution in [2.75, 3.05) is 5.32 Å². The minimum absolute atomic E-state index is 0.170. The fourth-order valence-corrected chi connectivity index (χ4v) is 2.75. The highest BCUT2D eigenvalue weighted by Gasteiger charge is 2.16. The minimum Gasteiger partial charge on any atom is -0.463 e. The largest absolute Gasteiger partial charge is 0.463 e. The maximum atomic E-state index is 12.2. The number of nitrogens with one attached hydrogen (secondary N) is 1. The van der Waals surface area contributed by atoms with Gasteiger partial charge in [-0.2, -0.15) is 0 Å². The van der Waals surface area contributed by atoms with Gasteiger partial charge in [0.1, 0.15) is 5.69 Å². The fraction of sp³-hybridized carbons (Fsp3) is 0. The molecule has 4 aromatic rings. The lowest BCUT2D eigenvalue weighted by Crippen LogP contribution is -2.11. The average Bonchev–Trinajstić information content (AvgIpc) is 3.36. The maximum Gasteiger partial charge on any atom is 0.279 e. The number of amides is 1. The van der Waals surface area contributed by atoms with Crippen LogP contribution < -0.4 is 5.32 Å². The predicted molar refractivity (Wildman–Crippen MR) is 87.5 cm³/mol. The van der Waals surface area contributed by atoms with Crippen LogP contribution in [-0.2, 0) is 0 Å². The van der Waals surface area contributed by atoms with Gasteiger partial charge in [-0.25, -0.2) is 4.98 Å². The molecule has 0 unspecified atom stereocenters. The fourth-order valence-electron chi connectivity index (χ4n) is 2.06. The second-order valence-electron chi connectivity index (χ2n) is 4.79. The van der Waals surface area contributed by atoms with Crippen LogP contribution in [0, 0.1) is 0 Å². The van der Waals surface area contributed by atoms with E-state index in [1.54, 1.807) is 48.3 Å². The molecule has 0 saturated heterocycles. The monoisotopic (exact) mass is 338 g/mol. The van der Waals surface area contributed by atoms with Crippen molar-refractivity contribution in [3.05, 3.63) is 60.1 Å². The second-order valence-corrected chi connectivity index (χ2v) is 5.65. The summed E-state index contributed by atoms with van der Waals surface area (Å²) in [5.74, 6) is 0.727. The number of carbonyl (C=O) groups is 1. The Morgan fingerprint density at radius 2 is 2.17 bits per heavy atom. The number of anilines is 1. The number of hydrogen-bond acceptors (Lipinski definition) is 7. The molecule has 0 aromatic carbocycles. The molecule has 118 valence electrons. The van der Waals surface area contributed by atoms with Crippen molar-refractivity contribution < 1.29 is 13.7 Å². The molecule has 0 aliphatic carbocycles. The number of hydrogen-bond donors (Lipinski definition) is 1. The van der Waals surface area contributed by atoms with Gasteiger partial charge in [-0.05, 0) is 24.3 Å². The molecular formula is C16H10N4O3S. The first-order valence-electron chi connectivity index (χ1n) is 6.97. The molecule has 0 fully saturated rings. The molecule has 7 nitrogen and oxygen atoms in total. The second kappa shape index (κ2) is 6.09. The molecule has 1 amide bonds. The van der Waals surface area contributed by atoms with Crippen molar-refractivity contribution in [3.8, 4) is 22.8 Å². The van der Waals surface area contributed by atoms with Crippen LogP contribution in [0.25, 0.3) is 22.8 Å². The summed E-state index contributed by atoms with van der Waals surface area (Å²) in [6.45, 7) is 0. The molecule has 0 radical (unpaired) electrons. The highest BCUT2D eigenvalue weighted by molar-refractivity contribution is 7.14. The number of furan rings is 1. The molecule has 0 aliphatic rings. The number of thiazole rings is 1. The van der Waals surface area contributed by atoms with Gasteiger partial charge in [-0.3, -0.25) is 15.1 Å². The van der Waals surface area contributed by atoms with E-state index in [1.807, 2.05) is 6.07 Å². The summed E-state index contributed by atoms with van der Waals surface area (Å²) in [6.07, 6.45) is 4.87.